The maximum Gasteiger partial charge on any atom is 0.338 e. The van der Waals surface area contributed by atoms with Gasteiger partial charge >= 0.3 is 11.9 Å². The van der Waals surface area contributed by atoms with Crippen LogP contribution in [0.25, 0.3) is 44.1 Å². The van der Waals surface area contributed by atoms with Crippen LogP contribution in [-0.2, 0) is 9.47 Å². The fourth-order valence-corrected chi connectivity index (χ4v) is 5.17. The predicted molar refractivity (Wildman–Crippen MR) is 165 cm³/mol. The van der Waals surface area contributed by atoms with Crippen molar-refractivity contribution in [3.05, 3.63) is 102 Å². The van der Waals surface area contributed by atoms with Crippen LogP contribution in [0.1, 0.15) is 73.7 Å². The Balaban J connectivity index is 1.62. The summed E-state index contributed by atoms with van der Waals surface area (Å²) in [4.78, 5) is 30.1. The van der Waals surface area contributed by atoms with Gasteiger partial charge in [0.15, 0.2) is 0 Å². The van der Waals surface area contributed by atoms with E-state index in [4.69, 9.17) is 14.5 Å². The first kappa shape index (κ1) is 28.0. The Morgan fingerprint density at radius 3 is 1.37 bits per heavy atom. The summed E-state index contributed by atoms with van der Waals surface area (Å²) in [5, 5.41) is 2.15. The highest BCUT2D eigenvalue weighted by molar-refractivity contribution is 6.01. The van der Waals surface area contributed by atoms with Gasteiger partial charge in [-0.3, -0.25) is 0 Å². The third-order valence-electron chi connectivity index (χ3n) is 6.94. The van der Waals surface area contributed by atoms with Gasteiger partial charge < -0.3 is 9.47 Å². The van der Waals surface area contributed by atoms with E-state index in [0.29, 0.717) is 11.1 Å². The molecule has 5 rings (SSSR count). The molecule has 0 aliphatic heterocycles. The number of ether oxygens (including phenoxy) is 2. The highest BCUT2D eigenvalue weighted by Crippen LogP contribution is 2.36. The van der Waals surface area contributed by atoms with Gasteiger partial charge in [-0.2, -0.15) is 0 Å². The summed E-state index contributed by atoms with van der Waals surface area (Å²) in [5.74, 6) is -0.423. The lowest BCUT2D eigenvalue weighted by molar-refractivity contribution is 0.0367. The second kappa shape index (κ2) is 11.5. The number of carbonyl (C=O) groups excluding carboxylic acids is 2. The average molecular weight is 546 g/mol. The van der Waals surface area contributed by atoms with E-state index in [2.05, 4.69) is 26.0 Å². The summed E-state index contributed by atoms with van der Waals surface area (Å²) in [6.45, 7) is 11.8. The van der Waals surface area contributed by atoms with Crippen molar-refractivity contribution in [3.63, 3.8) is 0 Å². The number of aromatic nitrogens is 1. The van der Waals surface area contributed by atoms with Gasteiger partial charge in [0.05, 0.1) is 34.4 Å². The molecule has 0 N–H and O–H groups in total. The molecule has 0 fully saturated rings. The molecule has 0 amide bonds. The Labute approximate surface area is 241 Å². The Kier molecular flexibility index (Phi) is 7.89. The van der Waals surface area contributed by atoms with Crippen LogP contribution in [0.4, 0.5) is 0 Å². The van der Waals surface area contributed by atoms with E-state index in [1.54, 1.807) is 12.1 Å². The maximum absolute atomic E-state index is 12.5. The molecule has 0 unspecified atom stereocenters. The highest BCUT2D eigenvalue weighted by Gasteiger charge is 2.16. The third kappa shape index (κ3) is 5.99. The normalized spacial score (nSPS) is 11.5. The molecule has 0 atom stereocenters. The van der Waals surface area contributed by atoms with E-state index in [1.807, 2.05) is 88.4 Å². The molecule has 208 valence electrons. The molecule has 5 heteroatoms. The summed E-state index contributed by atoms with van der Waals surface area (Å²) in [7, 11) is 0. The molecule has 5 aromatic rings. The number of carbonyl (C=O) groups is 2. The predicted octanol–water partition coefficient (Wildman–Crippen LogP) is 8.98. The van der Waals surface area contributed by atoms with Crippen molar-refractivity contribution in [3.8, 4) is 22.3 Å². The minimum Gasteiger partial charge on any atom is -0.459 e. The summed E-state index contributed by atoms with van der Waals surface area (Å²) >= 11 is 0. The molecule has 1 aromatic heterocycles. The lowest BCUT2D eigenvalue weighted by Gasteiger charge is -2.16. The zero-order valence-corrected chi connectivity index (χ0v) is 24.4. The lowest BCUT2D eigenvalue weighted by Crippen LogP contribution is -2.11. The van der Waals surface area contributed by atoms with Crippen LogP contribution in [0.5, 0.6) is 0 Å². The van der Waals surface area contributed by atoms with Crippen molar-refractivity contribution in [1.82, 2.24) is 4.98 Å². The number of fused-ring (bicyclic) bond motifs is 2. The second-order valence-electron chi connectivity index (χ2n) is 11.2. The molecular formula is C36H35NO4. The van der Waals surface area contributed by atoms with E-state index in [-0.39, 0.29) is 30.1 Å². The molecule has 1 heterocycles. The number of benzene rings is 4. The molecule has 5 nitrogen and oxygen atoms in total. The van der Waals surface area contributed by atoms with Crippen LogP contribution in [0.2, 0.25) is 0 Å². The Morgan fingerprint density at radius 2 is 0.976 bits per heavy atom. The van der Waals surface area contributed by atoms with Crippen molar-refractivity contribution in [1.29, 1.82) is 0 Å². The van der Waals surface area contributed by atoms with Crippen LogP contribution < -0.4 is 0 Å². The SMILES string of the molecule is CC(C)OC(=O)c1cccc(-c2ccc3nc4ccc(-c5cccc(C(=O)OC(C)C)c5)cc4c(C(C)C)c3c2)c1. The van der Waals surface area contributed by atoms with Gasteiger partial charge in [-0.25, -0.2) is 14.6 Å². The Hall–Kier alpha value is -4.51. The number of hydrogen-bond acceptors (Lipinski definition) is 5. The van der Waals surface area contributed by atoms with Crippen LogP contribution in [0.3, 0.4) is 0 Å². The first-order valence-electron chi connectivity index (χ1n) is 14.1. The van der Waals surface area contributed by atoms with Crippen LogP contribution >= 0.6 is 0 Å². The van der Waals surface area contributed by atoms with E-state index in [0.717, 1.165) is 44.1 Å². The van der Waals surface area contributed by atoms with E-state index in [9.17, 15) is 9.59 Å². The van der Waals surface area contributed by atoms with Gasteiger partial charge in [0.25, 0.3) is 0 Å². The maximum atomic E-state index is 12.5. The molecule has 0 spiro atoms. The molecule has 0 bridgehead atoms. The van der Waals surface area contributed by atoms with Gasteiger partial charge in [-0.1, -0.05) is 50.2 Å². The molecular weight excluding hydrogens is 510 g/mol. The minimum atomic E-state index is -0.327. The topological polar surface area (TPSA) is 65.5 Å². The van der Waals surface area contributed by atoms with Crippen molar-refractivity contribution in [2.24, 2.45) is 0 Å². The number of rotatable bonds is 7. The van der Waals surface area contributed by atoms with Crippen LogP contribution in [0.15, 0.2) is 84.9 Å². The summed E-state index contributed by atoms with van der Waals surface area (Å²) < 4.78 is 10.8. The first-order valence-corrected chi connectivity index (χ1v) is 14.1. The summed E-state index contributed by atoms with van der Waals surface area (Å²) in [6, 6.07) is 27.6. The van der Waals surface area contributed by atoms with Crippen LogP contribution in [0, 0.1) is 0 Å². The zero-order valence-electron chi connectivity index (χ0n) is 24.4. The van der Waals surface area contributed by atoms with Gasteiger partial charge in [0.1, 0.15) is 0 Å². The molecule has 41 heavy (non-hydrogen) atoms. The Bertz CT molecular complexity index is 1640. The second-order valence-corrected chi connectivity index (χ2v) is 11.2. The fraction of sp³-hybridized carbons (Fsp3) is 0.250. The third-order valence-corrected chi connectivity index (χ3v) is 6.94. The summed E-state index contributed by atoms with van der Waals surface area (Å²) in [5.41, 5.74) is 8.01. The number of esters is 2. The van der Waals surface area contributed by atoms with Gasteiger partial charge in [-0.15, -0.1) is 0 Å². The number of nitrogens with zero attached hydrogens (tertiary/aromatic N) is 1. The number of pyridine rings is 1. The molecule has 4 aromatic carbocycles. The average Bonchev–Trinajstić information content (AvgIpc) is 2.94. The molecule has 0 radical (unpaired) electrons. The monoisotopic (exact) mass is 545 g/mol. The lowest BCUT2D eigenvalue weighted by atomic mass is 9.90. The quantitative estimate of drug-likeness (QED) is 0.151. The van der Waals surface area contributed by atoms with E-state index < -0.39 is 0 Å². The van der Waals surface area contributed by atoms with Gasteiger partial charge in [-0.05, 0) is 110 Å². The van der Waals surface area contributed by atoms with Gasteiger partial charge in [0.2, 0.25) is 0 Å². The van der Waals surface area contributed by atoms with Crippen molar-refractivity contribution in [2.45, 2.75) is 59.7 Å². The molecule has 0 saturated heterocycles. The largest absolute Gasteiger partial charge is 0.459 e. The number of hydrogen-bond donors (Lipinski definition) is 0. The first-order chi connectivity index (χ1) is 19.6. The molecule has 0 saturated carbocycles. The van der Waals surface area contributed by atoms with Gasteiger partial charge in [0, 0.05) is 10.8 Å². The van der Waals surface area contributed by atoms with E-state index in [1.165, 1.54) is 5.56 Å². The zero-order chi connectivity index (χ0) is 29.3. The Morgan fingerprint density at radius 1 is 0.561 bits per heavy atom. The summed E-state index contributed by atoms with van der Waals surface area (Å²) in [6.07, 6.45) is -0.359. The van der Waals surface area contributed by atoms with Crippen molar-refractivity contribution >= 4 is 33.7 Å². The standard InChI is InChI=1S/C36H35NO4/c1-21(2)34-30-19-26(24-9-7-11-28(17-24)35(38)40-22(3)4)13-15-32(30)37-33-16-14-27(20-31(33)34)25-10-8-12-29(18-25)36(39)41-23(5)6/h7-23H,1-6H3. The highest BCUT2D eigenvalue weighted by atomic mass is 16.5. The molecule has 0 aliphatic carbocycles. The van der Waals surface area contributed by atoms with Crippen LogP contribution in [-0.4, -0.2) is 29.1 Å². The molecule has 0 aliphatic rings. The van der Waals surface area contributed by atoms with Crippen molar-refractivity contribution < 1.29 is 19.1 Å². The van der Waals surface area contributed by atoms with Crippen molar-refractivity contribution in [2.75, 3.05) is 0 Å². The van der Waals surface area contributed by atoms with E-state index >= 15 is 0 Å². The minimum absolute atomic E-state index is 0.180. The fourth-order valence-electron chi connectivity index (χ4n) is 5.17. The smallest absolute Gasteiger partial charge is 0.338 e.